The van der Waals surface area contributed by atoms with Crippen molar-refractivity contribution >= 4 is 34.7 Å². The Morgan fingerprint density at radius 2 is 1.28 bits per heavy atom. The van der Waals surface area contributed by atoms with Gasteiger partial charge < -0.3 is 5.41 Å². The molecule has 0 saturated heterocycles. The first-order chi connectivity index (χ1) is 15.6. The van der Waals surface area contributed by atoms with Gasteiger partial charge in [0.1, 0.15) is 34.3 Å². The Kier molecular flexibility index (Phi) is 6.82. The zero-order valence-electron chi connectivity index (χ0n) is 18.5. The zero-order valence-corrected chi connectivity index (χ0v) is 19.4. The number of carbonyl (C=O) groups excluding carboxylic acids is 1. The fraction of sp³-hybridized carbons (Fsp3) is 0.241. The Morgan fingerprint density at radius 1 is 0.875 bits per heavy atom. The lowest BCUT2D eigenvalue weighted by Crippen LogP contribution is -2.35. The van der Waals surface area contributed by atoms with E-state index < -0.39 is 7.26 Å². The molecule has 160 valence electrons. The number of nitrogens with one attached hydrogen (secondary N) is 1. The minimum atomic E-state index is -2.49. The summed E-state index contributed by atoms with van der Waals surface area (Å²) in [6, 6.07) is 30.9. The van der Waals surface area contributed by atoms with Crippen LogP contribution in [0.3, 0.4) is 0 Å². The molecule has 0 spiro atoms. The summed E-state index contributed by atoms with van der Waals surface area (Å²) < 4.78 is 0. The summed E-state index contributed by atoms with van der Waals surface area (Å²) in [6.45, 7) is 11.7. The van der Waals surface area contributed by atoms with Gasteiger partial charge in [-0.1, -0.05) is 61.5 Å². The number of ketones is 1. The van der Waals surface area contributed by atoms with E-state index >= 15 is 0 Å². The van der Waals surface area contributed by atoms with E-state index in [1.54, 1.807) is 0 Å². The lowest BCUT2D eigenvalue weighted by molar-refractivity contribution is -0.119. The lowest BCUT2D eigenvalue weighted by atomic mass is 9.95. The summed E-state index contributed by atoms with van der Waals surface area (Å²) >= 11 is 0. The average molecular weight is 439 g/mol. The Hall–Kier alpha value is -2.83. The van der Waals surface area contributed by atoms with Crippen molar-refractivity contribution in [2.45, 2.75) is 32.6 Å². The molecule has 1 saturated carbocycles. The van der Waals surface area contributed by atoms with Gasteiger partial charge in [0, 0.05) is 24.6 Å². The summed E-state index contributed by atoms with van der Waals surface area (Å²) in [4.78, 5) is 12.5. The van der Waals surface area contributed by atoms with E-state index in [4.69, 9.17) is 5.41 Å². The van der Waals surface area contributed by atoms with Gasteiger partial charge in [-0.3, -0.25) is 4.79 Å². The van der Waals surface area contributed by atoms with E-state index in [1.807, 2.05) is 61.5 Å². The molecule has 3 heteroatoms. The molecule has 0 aromatic heterocycles. The summed E-state index contributed by atoms with van der Waals surface area (Å²) in [5, 5.41) is 12.8. The van der Waals surface area contributed by atoms with Crippen molar-refractivity contribution in [3.8, 4) is 0 Å². The van der Waals surface area contributed by atoms with Crippen molar-refractivity contribution in [2.75, 3.05) is 0 Å². The molecule has 0 aliphatic heterocycles. The van der Waals surface area contributed by atoms with E-state index in [9.17, 15) is 11.4 Å². The van der Waals surface area contributed by atoms with Crippen LogP contribution in [-0.4, -0.2) is 11.5 Å². The standard InChI is InChI=1S/C29H29NOP/c1-3-27(28(30)21-29(31)23-19-20-23)22(2)32(24-13-7-4-8-14-24,25-15-9-5-10-16-25)26-17-11-6-12-18-26/h4-18,23,27,30H,3,19-21H2,1H3/q+1. The summed E-state index contributed by atoms with van der Waals surface area (Å²) in [7, 11) is -2.49. The second kappa shape index (κ2) is 9.76. The summed E-state index contributed by atoms with van der Waals surface area (Å²) in [6.07, 6.45) is 2.72. The molecule has 0 bridgehead atoms. The molecule has 1 unspecified atom stereocenters. The zero-order chi connectivity index (χ0) is 22.6. The number of allylic oxidation sites excluding steroid dienone is 1. The molecular weight excluding hydrogens is 409 g/mol. The van der Waals surface area contributed by atoms with Crippen molar-refractivity contribution in [2.24, 2.45) is 11.8 Å². The van der Waals surface area contributed by atoms with Crippen LogP contribution < -0.4 is 15.9 Å². The highest BCUT2D eigenvalue weighted by Gasteiger charge is 2.51. The highest BCUT2D eigenvalue weighted by Crippen LogP contribution is 2.64. The smallest absolute Gasteiger partial charge is 0.141 e. The van der Waals surface area contributed by atoms with E-state index in [-0.39, 0.29) is 24.0 Å². The molecule has 4 rings (SSSR count). The maximum atomic E-state index is 12.5. The second-order valence-corrected chi connectivity index (χ2v) is 11.8. The first-order valence-electron chi connectivity index (χ1n) is 11.3. The molecule has 0 heterocycles. The molecule has 1 aliphatic carbocycles. The Bertz CT molecular complexity index is 991. The Balaban J connectivity index is 1.89. The highest BCUT2D eigenvalue weighted by atomic mass is 31.2. The maximum absolute atomic E-state index is 12.5. The van der Waals surface area contributed by atoms with Crippen LogP contribution in [0.15, 0.2) is 96.3 Å². The monoisotopic (exact) mass is 438 g/mol. The second-order valence-electron chi connectivity index (χ2n) is 8.47. The van der Waals surface area contributed by atoms with E-state index in [0.29, 0.717) is 17.4 Å². The van der Waals surface area contributed by atoms with Crippen LogP contribution in [0.2, 0.25) is 0 Å². The van der Waals surface area contributed by atoms with Crippen LogP contribution in [0, 0.1) is 23.8 Å². The molecular formula is C29H29NOP+. The van der Waals surface area contributed by atoms with Gasteiger partial charge >= 0.3 is 0 Å². The van der Waals surface area contributed by atoms with Crippen LogP contribution in [0.1, 0.15) is 32.6 Å². The number of benzene rings is 3. The highest BCUT2D eigenvalue weighted by molar-refractivity contribution is 7.99. The molecule has 32 heavy (non-hydrogen) atoms. The van der Waals surface area contributed by atoms with Gasteiger partial charge in [0.15, 0.2) is 0 Å². The van der Waals surface area contributed by atoms with Gasteiger partial charge in [-0.25, -0.2) is 0 Å². The molecule has 1 aliphatic rings. The number of carbonyl (C=O) groups is 1. The fourth-order valence-corrected chi connectivity index (χ4v) is 8.91. The van der Waals surface area contributed by atoms with Crippen LogP contribution in [0.5, 0.6) is 0 Å². The third-order valence-electron chi connectivity index (χ3n) is 6.35. The molecule has 3 aromatic carbocycles. The SMILES string of the molecule is [C]=C(C(CC)C(=N)CC(=O)C1CC1)[P+](c1ccccc1)(c1ccccc1)c1ccccc1. The largest absolute Gasteiger partial charge is 0.308 e. The van der Waals surface area contributed by atoms with E-state index in [0.717, 1.165) is 28.8 Å². The summed E-state index contributed by atoms with van der Waals surface area (Å²) in [5.41, 5.74) is 0.390. The molecule has 2 nitrogen and oxygen atoms in total. The first kappa shape index (κ1) is 22.4. The molecule has 0 amide bonds. The van der Waals surface area contributed by atoms with E-state index in [1.165, 1.54) is 0 Å². The number of hydrogen-bond acceptors (Lipinski definition) is 2. The maximum Gasteiger partial charge on any atom is 0.141 e. The van der Waals surface area contributed by atoms with Crippen molar-refractivity contribution in [3.05, 3.63) is 103 Å². The minimum absolute atomic E-state index is 0.138. The van der Waals surface area contributed by atoms with Crippen LogP contribution in [0.25, 0.3) is 0 Å². The van der Waals surface area contributed by atoms with Crippen molar-refractivity contribution < 1.29 is 4.79 Å². The molecule has 3 aromatic rings. The summed E-state index contributed by atoms with van der Waals surface area (Å²) in [5.74, 6) is -0.0464. The van der Waals surface area contributed by atoms with Crippen molar-refractivity contribution in [3.63, 3.8) is 0 Å². The third-order valence-corrected chi connectivity index (χ3v) is 10.6. The topological polar surface area (TPSA) is 40.9 Å². The molecule has 1 N–H and O–H groups in total. The number of hydrogen-bond donors (Lipinski definition) is 1. The molecule has 1 fully saturated rings. The van der Waals surface area contributed by atoms with Crippen LogP contribution >= 0.6 is 7.26 Å². The average Bonchev–Trinajstić information content (AvgIpc) is 3.68. The fourth-order valence-electron chi connectivity index (χ4n) is 4.52. The molecule has 1 atom stereocenters. The predicted molar refractivity (Wildman–Crippen MR) is 136 cm³/mol. The quantitative estimate of drug-likeness (QED) is 0.325. The van der Waals surface area contributed by atoms with E-state index in [2.05, 4.69) is 36.4 Å². The van der Waals surface area contributed by atoms with Crippen LogP contribution in [-0.2, 0) is 4.79 Å². The van der Waals surface area contributed by atoms with Gasteiger partial charge in [-0.05, 0) is 55.7 Å². The Morgan fingerprint density at radius 3 is 1.62 bits per heavy atom. The third kappa shape index (κ3) is 4.25. The van der Waals surface area contributed by atoms with Crippen LogP contribution in [0.4, 0.5) is 0 Å². The van der Waals surface area contributed by atoms with Gasteiger partial charge in [-0.15, -0.1) is 0 Å². The Labute approximate surface area is 192 Å². The number of Topliss-reactive ketones (excluding diaryl/α,β-unsaturated/α-hetero) is 1. The van der Waals surface area contributed by atoms with Gasteiger partial charge in [0.25, 0.3) is 0 Å². The first-order valence-corrected chi connectivity index (χ1v) is 13.1. The van der Waals surface area contributed by atoms with Crippen molar-refractivity contribution in [1.29, 1.82) is 5.41 Å². The van der Waals surface area contributed by atoms with Gasteiger partial charge in [-0.2, -0.15) is 0 Å². The molecule has 2 radical (unpaired) electrons. The normalized spacial score (nSPS) is 14.5. The predicted octanol–water partition coefficient (Wildman–Crippen LogP) is 5.59. The lowest BCUT2D eigenvalue weighted by Gasteiger charge is -2.32. The minimum Gasteiger partial charge on any atom is -0.308 e. The van der Waals surface area contributed by atoms with Gasteiger partial charge in [0.05, 0.1) is 5.92 Å². The van der Waals surface area contributed by atoms with Crippen molar-refractivity contribution in [1.82, 2.24) is 0 Å². The number of rotatable bonds is 10. The van der Waals surface area contributed by atoms with Gasteiger partial charge in [0.2, 0.25) is 0 Å².